The molecule has 0 fully saturated rings. The second kappa shape index (κ2) is 13.7. The van der Waals surface area contributed by atoms with Gasteiger partial charge in [0.15, 0.2) is 0 Å². The van der Waals surface area contributed by atoms with Crippen LogP contribution in [0.4, 0.5) is 0 Å². The van der Waals surface area contributed by atoms with Crippen molar-refractivity contribution in [2.45, 2.75) is 142 Å². The standard InChI is InChI=1S/C32H52O2Si2.2ClH.Zr/c1-31(2,3)35(7,8)33-29-21-23-15-11-13-17-25(23)27(29)19-20-28-26-18-14-12-16-24(26)22-30(28)34-36(9,10)32(4,5)6;;;/h21-22H,11-20H2,1-10H3;2*1H;/q-2;;;+4/p-2. The number of fused-ring (bicyclic) bond motifs is 2. The van der Waals surface area contributed by atoms with Crippen molar-refractivity contribution in [3.05, 3.63) is 45.5 Å². The minimum absolute atomic E-state index is 0. The Hall–Kier alpha value is 0.197. The Balaban J connectivity index is 0.00000253. The summed E-state index contributed by atoms with van der Waals surface area (Å²) in [6.45, 7) is 23.7. The molecule has 0 atom stereocenters. The summed E-state index contributed by atoms with van der Waals surface area (Å²) in [7, 11) is -3.79. The largest absolute Gasteiger partial charge is 4.00 e. The Bertz CT molecular complexity index is 1000. The zero-order valence-electron chi connectivity index (χ0n) is 26.3. The molecule has 0 radical (unpaired) electrons. The fraction of sp³-hybridized carbons (Fsp3) is 0.688. The van der Waals surface area contributed by atoms with Crippen molar-refractivity contribution in [1.82, 2.24) is 0 Å². The van der Waals surface area contributed by atoms with E-state index in [1.54, 1.807) is 22.3 Å². The quantitative estimate of drug-likeness (QED) is 0.329. The first kappa shape index (κ1) is 37.2. The summed E-state index contributed by atoms with van der Waals surface area (Å²) in [6, 6.07) is 4.86. The predicted octanol–water partition coefficient (Wildman–Crippen LogP) is 3.44. The summed E-state index contributed by atoms with van der Waals surface area (Å²) < 4.78 is 14.0. The fourth-order valence-electron chi connectivity index (χ4n) is 5.49. The number of hydrogen-bond donors (Lipinski definition) is 0. The molecule has 2 nitrogen and oxygen atoms in total. The molecule has 2 aliphatic carbocycles. The number of hydrogen-bond acceptors (Lipinski definition) is 2. The van der Waals surface area contributed by atoms with Crippen molar-refractivity contribution in [3.8, 4) is 11.5 Å². The maximum atomic E-state index is 7.00. The van der Waals surface area contributed by atoms with Gasteiger partial charge in [0.25, 0.3) is 0 Å². The van der Waals surface area contributed by atoms with Crippen molar-refractivity contribution in [1.29, 1.82) is 0 Å². The van der Waals surface area contributed by atoms with Crippen LogP contribution >= 0.6 is 0 Å². The Morgan fingerprint density at radius 3 is 1.21 bits per heavy atom. The van der Waals surface area contributed by atoms with Gasteiger partial charge in [0, 0.05) is 0 Å². The topological polar surface area (TPSA) is 18.5 Å². The summed E-state index contributed by atoms with van der Waals surface area (Å²) in [6.07, 6.45) is 12.3. The molecule has 39 heavy (non-hydrogen) atoms. The van der Waals surface area contributed by atoms with E-state index < -0.39 is 16.6 Å². The van der Waals surface area contributed by atoms with Crippen molar-refractivity contribution >= 4 is 16.6 Å². The summed E-state index contributed by atoms with van der Waals surface area (Å²) in [5.74, 6) is 2.42. The third-order valence-electron chi connectivity index (χ3n) is 9.92. The molecule has 7 heteroatoms. The predicted molar refractivity (Wildman–Crippen MR) is 160 cm³/mol. The van der Waals surface area contributed by atoms with Crippen LogP contribution in [-0.4, -0.2) is 16.6 Å². The summed E-state index contributed by atoms with van der Waals surface area (Å²) in [5, 5.41) is 0.411. The van der Waals surface area contributed by atoms with E-state index in [9.17, 15) is 0 Å². The number of aryl methyl sites for hydroxylation is 2. The molecule has 0 amide bonds. The third kappa shape index (κ3) is 7.98. The van der Waals surface area contributed by atoms with Gasteiger partial charge in [0.05, 0.1) is 0 Å². The molecular formula is C32H52Cl2O2Si2Zr. The molecular weight excluding hydrogens is 635 g/mol. The Kier molecular flexibility index (Phi) is 13.0. The first-order chi connectivity index (χ1) is 16.6. The first-order valence-electron chi connectivity index (χ1n) is 14.6. The smallest absolute Gasteiger partial charge is 1.00 e. The van der Waals surface area contributed by atoms with Gasteiger partial charge in [-0.1, -0.05) is 106 Å². The maximum Gasteiger partial charge on any atom is 4.00 e. The Morgan fingerprint density at radius 1 is 0.590 bits per heavy atom. The van der Waals surface area contributed by atoms with Gasteiger partial charge < -0.3 is 33.7 Å². The van der Waals surface area contributed by atoms with Gasteiger partial charge in [-0.3, -0.25) is 0 Å². The molecule has 4 rings (SSSR count). The van der Waals surface area contributed by atoms with Crippen LogP contribution < -0.4 is 33.7 Å². The minimum Gasteiger partial charge on any atom is -1.00 e. The summed E-state index contributed by atoms with van der Waals surface area (Å²) >= 11 is 0. The average Bonchev–Trinajstić information content (AvgIpc) is 3.27. The molecule has 2 aromatic carbocycles. The second-order valence-electron chi connectivity index (χ2n) is 14.6. The number of halogens is 2. The van der Waals surface area contributed by atoms with E-state index in [0.717, 1.165) is 12.8 Å². The van der Waals surface area contributed by atoms with Crippen LogP contribution in [0.5, 0.6) is 11.5 Å². The van der Waals surface area contributed by atoms with Crippen LogP contribution in [0, 0.1) is 0 Å². The van der Waals surface area contributed by atoms with Crippen LogP contribution in [0.3, 0.4) is 0 Å². The molecule has 0 heterocycles. The van der Waals surface area contributed by atoms with Gasteiger partial charge in [-0.25, -0.2) is 0 Å². The molecule has 218 valence electrons. The van der Waals surface area contributed by atoms with Crippen LogP contribution in [0.25, 0.3) is 0 Å². The van der Waals surface area contributed by atoms with E-state index in [1.165, 1.54) is 74.0 Å². The van der Waals surface area contributed by atoms with Gasteiger partial charge in [0.2, 0.25) is 16.6 Å². The van der Waals surface area contributed by atoms with E-state index in [2.05, 4.69) is 79.9 Å². The van der Waals surface area contributed by atoms with Gasteiger partial charge in [-0.05, 0) is 47.8 Å². The van der Waals surface area contributed by atoms with Gasteiger partial charge >= 0.3 is 26.2 Å². The molecule has 2 aliphatic rings. The molecule has 0 bridgehead atoms. The molecule has 0 N–H and O–H groups in total. The van der Waals surface area contributed by atoms with Crippen LogP contribution in [-0.2, 0) is 64.7 Å². The molecule has 0 aromatic heterocycles. The van der Waals surface area contributed by atoms with Crippen LogP contribution in [0.2, 0.25) is 36.3 Å². The van der Waals surface area contributed by atoms with Gasteiger partial charge in [-0.15, -0.1) is 12.1 Å². The Morgan fingerprint density at radius 2 is 0.897 bits per heavy atom. The van der Waals surface area contributed by atoms with Crippen molar-refractivity contribution in [2.24, 2.45) is 0 Å². The first-order valence-corrected chi connectivity index (χ1v) is 20.4. The molecule has 0 saturated heterocycles. The van der Waals surface area contributed by atoms with E-state index in [0.29, 0.717) is 0 Å². The van der Waals surface area contributed by atoms with E-state index >= 15 is 0 Å². The summed E-state index contributed by atoms with van der Waals surface area (Å²) in [4.78, 5) is 0. The zero-order chi connectivity index (χ0) is 26.5. The molecule has 2 aromatic rings. The van der Waals surface area contributed by atoms with Crippen LogP contribution in [0.15, 0.2) is 12.1 Å². The van der Waals surface area contributed by atoms with Gasteiger partial charge in [0.1, 0.15) is 0 Å². The number of rotatable bonds is 7. The monoisotopic (exact) mass is 684 g/mol. The zero-order valence-corrected chi connectivity index (χ0v) is 32.3. The average molecular weight is 687 g/mol. The molecule has 0 unspecified atom stereocenters. The van der Waals surface area contributed by atoms with E-state index in [1.807, 2.05) is 0 Å². The molecule has 0 spiro atoms. The van der Waals surface area contributed by atoms with E-state index in [-0.39, 0.29) is 61.1 Å². The van der Waals surface area contributed by atoms with Crippen molar-refractivity contribution < 1.29 is 59.9 Å². The minimum atomic E-state index is -1.89. The Labute approximate surface area is 273 Å². The van der Waals surface area contributed by atoms with Gasteiger partial charge in [-0.2, -0.15) is 33.4 Å². The third-order valence-corrected chi connectivity index (χ3v) is 18.6. The molecule has 0 aliphatic heterocycles. The fourth-order valence-corrected chi connectivity index (χ4v) is 7.57. The second-order valence-corrected chi connectivity index (χ2v) is 24.1. The van der Waals surface area contributed by atoms with Crippen molar-refractivity contribution in [3.63, 3.8) is 0 Å². The normalized spacial score (nSPS) is 15.7. The van der Waals surface area contributed by atoms with Crippen molar-refractivity contribution in [2.75, 3.05) is 0 Å². The van der Waals surface area contributed by atoms with Crippen LogP contribution in [0.1, 0.15) is 101 Å². The summed E-state index contributed by atoms with van der Waals surface area (Å²) in [5.41, 5.74) is 9.38. The SMILES string of the molecule is CC(C)(C)[Si](C)(C)Oc1[cH-]c2c(c1CCc1c(O[Si](C)(C)C(C)(C)C)[cH-]c3c1CCCC3)CCCC2.[Cl-].[Cl-].[Zr+4]. The van der Waals surface area contributed by atoms with E-state index in [4.69, 9.17) is 8.85 Å². The molecule has 0 saturated carbocycles. The maximum absolute atomic E-state index is 7.00.